The van der Waals surface area contributed by atoms with Gasteiger partial charge in [-0.3, -0.25) is 4.79 Å². The van der Waals surface area contributed by atoms with Crippen molar-refractivity contribution >= 4 is 11.6 Å². The Morgan fingerprint density at radius 2 is 2.00 bits per heavy atom. The molecule has 0 saturated carbocycles. The highest BCUT2D eigenvalue weighted by atomic mass is 19.1. The van der Waals surface area contributed by atoms with Crippen LogP contribution in [0.2, 0.25) is 0 Å². The highest BCUT2D eigenvalue weighted by Gasteiger charge is 2.31. The molecule has 1 amide bonds. The van der Waals surface area contributed by atoms with Gasteiger partial charge in [-0.2, -0.15) is 0 Å². The lowest BCUT2D eigenvalue weighted by Crippen LogP contribution is -2.39. The SMILES string of the molecule is CCCN(CCC(C)CC)C(=O)C1CCN(c2ccc(F)cc2)C1. The number of anilines is 1. The second-order valence-corrected chi connectivity index (χ2v) is 7.04. The van der Waals surface area contributed by atoms with E-state index in [0.717, 1.165) is 57.5 Å². The maximum Gasteiger partial charge on any atom is 0.227 e. The molecular weight excluding hydrogens is 303 g/mol. The van der Waals surface area contributed by atoms with Crippen molar-refractivity contribution in [3.63, 3.8) is 0 Å². The predicted molar refractivity (Wildman–Crippen MR) is 97.7 cm³/mol. The highest BCUT2D eigenvalue weighted by molar-refractivity contribution is 5.80. The Morgan fingerprint density at radius 1 is 1.29 bits per heavy atom. The smallest absolute Gasteiger partial charge is 0.227 e. The zero-order chi connectivity index (χ0) is 17.5. The van der Waals surface area contributed by atoms with Crippen molar-refractivity contribution in [1.82, 2.24) is 4.90 Å². The largest absolute Gasteiger partial charge is 0.371 e. The van der Waals surface area contributed by atoms with Gasteiger partial charge in [0.25, 0.3) is 0 Å². The number of nitrogens with zero attached hydrogens (tertiary/aromatic N) is 2. The summed E-state index contributed by atoms with van der Waals surface area (Å²) in [4.78, 5) is 17.2. The Hall–Kier alpha value is -1.58. The first kappa shape index (κ1) is 18.8. The van der Waals surface area contributed by atoms with E-state index in [4.69, 9.17) is 0 Å². The number of benzene rings is 1. The quantitative estimate of drug-likeness (QED) is 0.706. The molecule has 2 rings (SSSR count). The number of halogens is 1. The molecule has 0 radical (unpaired) electrons. The van der Waals surface area contributed by atoms with Crippen LogP contribution in [0.5, 0.6) is 0 Å². The molecule has 0 aromatic heterocycles. The number of rotatable bonds is 8. The summed E-state index contributed by atoms with van der Waals surface area (Å²) in [5.41, 5.74) is 1.01. The van der Waals surface area contributed by atoms with Crippen molar-refractivity contribution in [2.45, 2.75) is 46.5 Å². The van der Waals surface area contributed by atoms with E-state index in [1.54, 1.807) is 12.1 Å². The third-order valence-electron chi connectivity index (χ3n) is 5.12. The molecule has 4 heteroatoms. The first-order chi connectivity index (χ1) is 11.5. The molecule has 2 atom stereocenters. The standard InChI is InChI=1S/C20H31FN2O/c1-4-12-22(13-10-16(3)5-2)20(24)17-11-14-23(15-17)19-8-6-18(21)7-9-19/h6-9,16-17H,4-5,10-15H2,1-3H3. The molecule has 1 aliphatic heterocycles. The van der Waals surface area contributed by atoms with E-state index in [-0.39, 0.29) is 11.7 Å². The van der Waals surface area contributed by atoms with Gasteiger partial charge in [0.2, 0.25) is 5.91 Å². The Morgan fingerprint density at radius 3 is 2.62 bits per heavy atom. The maximum absolute atomic E-state index is 13.1. The van der Waals surface area contributed by atoms with E-state index < -0.39 is 0 Å². The van der Waals surface area contributed by atoms with E-state index in [1.807, 2.05) is 0 Å². The molecule has 1 aromatic carbocycles. The van der Waals surface area contributed by atoms with Crippen LogP contribution in [0.1, 0.15) is 46.5 Å². The van der Waals surface area contributed by atoms with Crippen LogP contribution in [0, 0.1) is 17.7 Å². The second-order valence-electron chi connectivity index (χ2n) is 7.04. The summed E-state index contributed by atoms with van der Waals surface area (Å²) in [5.74, 6) is 0.810. The van der Waals surface area contributed by atoms with Crippen LogP contribution in [0.4, 0.5) is 10.1 Å². The average Bonchev–Trinajstić information content (AvgIpc) is 3.08. The highest BCUT2D eigenvalue weighted by Crippen LogP contribution is 2.25. The van der Waals surface area contributed by atoms with E-state index in [2.05, 4.69) is 30.6 Å². The third-order valence-corrected chi connectivity index (χ3v) is 5.12. The summed E-state index contributed by atoms with van der Waals surface area (Å²) >= 11 is 0. The topological polar surface area (TPSA) is 23.6 Å². The number of hydrogen-bond donors (Lipinski definition) is 0. The van der Waals surface area contributed by atoms with Gasteiger partial charge in [-0.05, 0) is 49.4 Å². The lowest BCUT2D eigenvalue weighted by Gasteiger charge is -2.27. The Labute approximate surface area is 145 Å². The van der Waals surface area contributed by atoms with Gasteiger partial charge in [-0.15, -0.1) is 0 Å². The van der Waals surface area contributed by atoms with Crippen molar-refractivity contribution < 1.29 is 9.18 Å². The monoisotopic (exact) mass is 334 g/mol. The molecule has 1 aliphatic rings. The minimum absolute atomic E-state index is 0.0681. The first-order valence-electron chi connectivity index (χ1n) is 9.34. The Bertz CT molecular complexity index is 517. The van der Waals surface area contributed by atoms with Crippen LogP contribution in [0.3, 0.4) is 0 Å². The molecule has 134 valence electrons. The zero-order valence-electron chi connectivity index (χ0n) is 15.3. The molecule has 1 fully saturated rings. The fraction of sp³-hybridized carbons (Fsp3) is 0.650. The van der Waals surface area contributed by atoms with Crippen LogP contribution < -0.4 is 4.90 Å². The van der Waals surface area contributed by atoms with Crippen molar-refractivity contribution in [2.75, 3.05) is 31.1 Å². The Kier molecular flexibility index (Phi) is 7.07. The summed E-state index contributed by atoms with van der Waals surface area (Å²) in [7, 11) is 0. The van der Waals surface area contributed by atoms with Gasteiger partial charge < -0.3 is 9.80 Å². The third kappa shape index (κ3) is 4.96. The zero-order valence-corrected chi connectivity index (χ0v) is 15.3. The van der Waals surface area contributed by atoms with Crippen LogP contribution in [-0.2, 0) is 4.79 Å². The number of carbonyl (C=O) groups excluding carboxylic acids is 1. The molecule has 24 heavy (non-hydrogen) atoms. The van der Waals surface area contributed by atoms with Gasteiger partial charge in [-0.25, -0.2) is 4.39 Å². The van der Waals surface area contributed by atoms with Crippen molar-refractivity contribution in [2.24, 2.45) is 11.8 Å². The molecule has 1 saturated heterocycles. The maximum atomic E-state index is 13.1. The summed E-state index contributed by atoms with van der Waals surface area (Å²) in [6.07, 6.45) is 4.13. The molecule has 0 N–H and O–H groups in total. The first-order valence-corrected chi connectivity index (χ1v) is 9.34. The fourth-order valence-electron chi connectivity index (χ4n) is 3.29. The molecule has 1 heterocycles. The van der Waals surface area contributed by atoms with Crippen LogP contribution in [0.25, 0.3) is 0 Å². The van der Waals surface area contributed by atoms with Crippen molar-refractivity contribution in [3.8, 4) is 0 Å². The summed E-state index contributed by atoms with van der Waals surface area (Å²) in [6.45, 7) is 9.91. The predicted octanol–water partition coefficient (Wildman–Crippen LogP) is 4.33. The number of carbonyl (C=O) groups is 1. The average molecular weight is 334 g/mol. The van der Waals surface area contributed by atoms with Crippen LogP contribution in [0.15, 0.2) is 24.3 Å². The summed E-state index contributed by atoms with van der Waals surface area (Å²) in [5, 5.41) is 0. The van der Waals surface area contributed by atoms with Crippen molar-refractivity contribution in [1.29, 1.82) is 0 Å². The fourth-order valence-corrected chi connectivity index (χ4v) is 3.29. The lowest BCUT2D eigenvalue weighted by molar-refractivity contribution is -0.135. The van der Waals surface area contributed by atoms with Gasteiger partial charge in [0.1, 0.15) is 5.82 Å². The second kappa shape index (κ2) is 9.05. The summed E-state index contributed by atoms with van der Waals surface area (Å²) in [6, 6.07) is 6.57. The number of hydrogen-bond acceptors (Lipinski definition) is 2. The minimum Gasteiger partial charge on any atom is -0.371 e. The molecule has 1 aromatic rings. The van der Waals surface area contributed by atoms with E-state index in [0.29, 0.717) is 11.8 Å². The lowest BCUT2D eigenvalue weighted by atomic mass is 10.0. The molecular formula is C20H31FN2O. The summed E-state index contributed by atoms with van der Waals surface area (Å²) < 4.78 is 13.1. The van der Waals surface area contributed by atoms with Gasteiger partial charge in [0, 0.05) is 31.9 Å². The molecule has 3 nitrogen and oxygen atoms in total. The molecule has 2 unspecified atom stereocenters. The van der Waals surface area contributed by atoms with E-state index in [1.165, 1.54) is 12.1 Å². The molecule has 0 spiro atoms. The van der Waals surface area contributed by atoms with E-state index >= 15 is 0 Å². The number of amides is 1. The van der Waals surface area contributed by atoms with Crippen LogP contribution in [-0.4, -0.2) is 37.0 Å². The van der Waals surface area contributed by atoms with Gasteiger partial charge in [-0.1, -0.05) is 27.2 Å². The molecule has 0 aliphatic carbocycles. The van der Waals surface area contributed by atoms with Gasteiger partial charge in [0.15, 0.2) is 0 Å². The molecule has 0 bridgehead atoms. The van der Waals surface area contributed by atoms with Gasteiger partial charge in [0.05, 0.1) is 5.92 Å². The minimum atomic E-state index is -0.218. The van der Waals surface area contributed by atoms with Crippen molar-refractivity contribution in [3.05, 3.63) is 30.1 Å². The normalized spacial score (nSPS) is 18.7. The van der Waals surface area contributed by atoms with E-state index in [9.17, 15) is 9.18 Å². The van der Waals surface area contributed by atoms with Gasteiger partial charge >= 0.3 is 0 Å². The van der Waals surface area contributed by atoms with Crippen LogP contribution >= 0.6 is 0 Å². The Balaban J connectivity index is 1.94.